The van der Waals surface area contributed by atoms with Crippen molar-refractivity contribution >= 4 is 16.8 Å². The number of fused-ring (bicyclic) bond motifs is 3. The lowest BCUT2D eigenvalue weighted by Gasteiger charge is -2.26. The van der Waals surface area contributed by atoms with Crippen LogP contribution in [0.1, 0.15) is 36.8 Å². The van der Waals surface area contributed by atoms with Crippen molar-refractivity contribution in [3.05, 3.63) is 41.6 Å². The largest absolute Gasteiger partial charge is 0.352 e. The Morgan fingerprint density at radius 2 is 2.25 bits per heavy atom. The van der Waals surface area contributed by atoms with Crippen molar-refractivity contribution in [2.24, 2.45) is 5.92 Å². The minimum atomic E-state index is 0.149. The highest BCUT2D eigenvalue weighted by molar-refractivity contribution is 5.85. The highest BCUT2D eigenvalue weighted by atomic mass is 16.1. The van der Waals surface area contributed by atoms with Gasteiger partial charge in [0.2, 0.25) is 5.91 Å². The lowest BCUT2D eigenvalue weighted by molar-refractivity contribution is -0.121. The van der Waals surface area contributed by atoms with Crippen molar-refractivity contribution < 1.29 is 4.79 Å². The third kappa shape index (κ3) is 3.03. The molecule has 2 aliphatic rings. The van der Waals surface area contributed by atoms with E-state index in [2.05, 4.69) is 40.3 Å². The highest BCUT2D eigenvalue weighted by Crippen LogP contribution is 2.37. The predicted molar refractivity (Wildman–Crippen MR) is 95.6 cm³/mol. The van der Waals surface area contributed by atoms with Crippen molar-refractivity contribution in [1.29, 1.82) is 0 Å². The van der Waals surface area contributed by atoms with E-state index in [1.54, 1.807) is 0 Å². The maximum atomic E-state index is 12.2. The van der Waals surface area contributed by atoms with Crippen LogP contribution in [0, 0.1) is 12.8 Å². The van der Waals surface area contributed by atoms with Crippen LogP contribution in [0.4, 0.5) is 0 Å². The lowest BCUT2D eigenvalue weighted by Crippen LogP contribution is -2.35. The van der Waals surface area contributed by atoms with Gasteiger partial charge in [-0.1, -0.05) is 18.2 Å². The lowest BCUT2D eigenvalue weighted by atomic mass is 10.0. The van der Waals surface area contributed by atoms with E-state index < -0.39 is 0 Å². The molecule has 1 N–H and O–H groups in total. The first-order valence-corrected chi connectivity index (χ1v) is 9.04. The number of hydrogen-bond acceptors (Lipinski definition) is 3. The van der Waals surface area contributed by atoms with E-state index in [1.807, 2.05) is 12.3 Å². The third-order valence-corrected chi connectivity index (χ3v) is 5.69. The Morgan fingerprint density at radius 1 is 1.33 bits per heavy atom. The minimum Gasteiger partial charge on any atom is -0.352 e. The third-order valence-electron chi connectivity index (χ3n) is 5.69. The van der Waals surface area contributed by atoms with Gasteiger partial charge in [0.15, 0.2) is 0 Å². The number of likely N-dealkylation sites (tertiary alicyclic amines) is 1. The number of pyridine rings is 1. The summed E-state index contributed by atoms with van der Waals surface area (Å²) in [7, 11) is 0. The second-order valence-electron chi connectivity index (χ2n) is 7.30. The average molecular weight is 323 g/mol. The number of rotatable bonds is 5. The summed E-state index contributed by atoms with van der Waals surface area (Å²) in [6.07, 6.45) is 6.49. The summed E-state index contributed by atoms with van der Waals surface area (Å²) in [4.78, 5) is 19.2. The van der Waals surface area contributed by atoms with Gasteiger partial charge in [0.25, 0.3) is 0 Å². The fourth-order valence-electron chi connectivity index (χ4n) is 4.36. The molecule has 1 aromatic heterocycles. The van der Waals surface area contributed by atoms with Crippen molar-refractivity contribution in [2.45, 2.75) is 45.2 Å². The Bertz CT molecular complexity index is 758. The molecule has 0 radical (unpaired) electrons. The summed E-state index contributed by atoms with van der Waals surface area (Å²) in [5.41, 5.74) is 3.33. The normalized spacial score (nSPS) is 23.0. The fraction of sp³-hybridized carbons (Fsp3) is 0.500. The number of hydrogen-bond donors (Lipinski definition) is 1. The van der Waals surface area contributed by atoms with Crippen molar-refractivity contribution in [2.75, 3.05) is 13.1 Å². The van der Waals surface area contributed by atoms with E-state index in [4.69, 9.17) is 0 Å². The number of amides is 1. The standard InChI is InChI=1S/C20H25N3O/c1-14-4-6-16(18-3-2-9-21-20(14)18)12-22-19(24)8-10-23-13-15-5-7-17(23)11-15/h2-4,6,9,15,17H,5,7-8,10-13H2,1H3,(H,22,24)/t15-,17+/m1/s1. The molecule has 2 heterocycles. The number of carbonyl (C=O) groups excluding carboxylic acids is 1. The summed E-state index contributed by atoms with van der Waals surface area (Å²) in [6.45, 7) is 4.75. The smallest absolute Gasteiger partial charge is 0.221 e. The Balaban J connectivity index is 1.33. The number of aromatic nitrogens is 1. The van der Waals surface area contributed by atoms with Gasteiger partial charge in [-0.3, -0.25) is 14.7 Å². The van der Waals surface area contributed by atoms with E-state index in [0.717, 1.165) is 35.0 Å². The molecule has 1 amide bonds. The molecule has 2 fully saturated rings. The minimum absolute atomic E-state index is 0.149. The van der Waals surface area contributed by atoms with E-state index in [9.17, 15) is 4.79 Å². The summed E-state index contributed by atoms with van der Waals surface area (Å²) in [6, 6.07) is 8.96. The number of aryl methyl sites for hydroxylation is 1. The van der Waals surface area contributed by atoms with Crippen LogP contribution in [-0.2, 0) is 11.3 Å². The molecular formula is C20H25N3O. The Kier molecular flexibility index (Phi) is 4.23. The van der Waals surface area contributed by atoms with Crippen molar-refractivity contribution in [1.82, 2.24) is 15.2 Å². The van der Waals surface area contributed by atoms with E-state index >= 15 is 0 Å². The first-order valence-electron chi connectivity index (χ1n) is 9.04. The van der Waals surface area contributed by atoms with Gasteiger partial charge in [0.1, 0.15) is 0 Å². The zero-order valence-electron chi connectivity index (χ0n) is 14.3. The molecule has 126 valence electrons. The summed E-state index contributed by atoms with van der Waals surface area (Å²) in [5, 5.41) is 4.22. The molecule has 4 nitrogen and oxygen atoms in total. The zero-order chi connectivity index (χ0) is 16.5. The van der Waals surface area contributed by atoms with Crippen LogP contribution in [-0.4, -0.2) is 34.9 Å². The second kappa shape index (κ2) is 6.52. The van der Waals surface area contributed by atoms with Crippen LogP contribution >= 0.6 is 0 Å². The quantitative estimate of drug-likeness (QED) is 0.920. The summed E-state index contributed by atoms with van der Waals surface area (Å²) < 4.78 is 0. The molecule has 0 unspecified atom stereocenters. The van der Waals surface area contributed by atoms with Gasteiger partial charge in [0.05, 0.1) is 5.52 Å². The van der Waals surface area contributed by atoms with Crippen molar-refractivity contribution in [3.8, 4) is 0 Å². The number of nitrogens with zero attached hydrogens (tertiary/aromatic N) is 2. The van der Waals surface area contributed by atoms with Gasteiger partial charge < -0.3 is 5.32 Å². The first-order chi connectivity index (χ1) is 11.7. The Hall–Kier alpha value is -1.94. The highest BCUT2D eigenvalue weighted by Gasteiger charge is 2.37. The van der Waals surface area contributed by atoms with Crippen LogP contribution < -0.4 is 5.32 Å². The van der Waals surface area contributed by atoms with Gasteiger partial charge in [0, 0.05) is 43.7 Å². The topological polar surface area (TPSA) is 45.2 Å². The molecule has 1 aliphatic heterocycles. The predicted octanol–water partition coefficient (Wildman–Crippen LogP) is 3.03. The number of piperidine rings is 1. The Labute approximate surface area is 143 Å². The number of benzene rings is 1. The zero-order valence-corrected chi connectivity index (χ0v) is 14.3. The van der Waals surface area contributed by atoms with Crippen LogP contribution in [0.25, 0.3) is 10.9 Å². The van der Waals surface area contributed by atoms with Crippen LogP contribution in [0.15, 0.2) is 30.5 Å². The maximum Gasteiger partial charge on any atom is 0.221 e. The molecule has 24 heavy (non-hydrogen) atoms. The van der Waals surface area contributed by atoms with E-state index in [0.29, 0.717) is 13.0 Å². The summed E-state index contributed by atoms with van der Waals surface area (Å²) >= 11 is 0. The Morgan fingerprint density at radius 3 is 3.04 bits per heavy atom. The molecule has 4 heteroatoms. The van der Waals surface area contributed by atoms with Crippen LogP contribution in [0.5, 0.6) is 0 Å². The van der Waals surface area contributed by atoms with Gasteiger partial charge in [-0.05, 0) is 49.3 Å². The van der Waals surface area contributed by atoms with E-state index in [-0.39, 0.29) is 5.91 Å². The van der Waals surface area contributed by atoms with Gasteiger partial charge in [-0.25, -0.2) is 0 Å². The van der Waals surface area contributed by atoms with Crippen LogP contribution in [0.2, 0.25) is 0 Å². The molecule has 1 aliphatic carbocycles. The first kappa shape index (κ1) is 15.6. The molecule has 2 atom stereocenters. The summed E-state index contributed by atoms with van der Waals surface area (Å²) in [5.74, 6) is 1.04. The average Bonchev–Trinajstić information content (AvgIpc) is 3.23. The molecule has 0 spiro atoms. The molecule has 1 saturated carbocycles. The molecule has 1 saturated heterocycles. The SMILES string of the molecule is Cc1ccc(CNC(=O)CCN2C[C@@H]3CC[C@H]2C3)c2cccnc12. The van der Waals surface area contributed by atoms with Gasteiger partial charge in [-0.15, -0.1) is 0 Å². The molecule has 2 bridgehead atoms. The number of nitrogens with one attached hydrogen (secondary N) is 1. The van der Waals surface area contributed by atoms with Gasteiger partial charge >= 0.3 is 0 Å². The molecule has 4 rings (SSSR count). The maximum absolute atomic E-state index is 12.2. The molecular weight excluding hydrogens is 298 g/mol. The fourth-order valence-corrected chi connectivity index (χ4v) is 4.36. The van der Waals surface area contributed by atoms with Gasteiger partial charge in [-0.2, -0.15) is 0 Å². The molecule has 2 aromatic rings. The second-order valence-corrected chi connectivity index (χ2v) is 7.30. The van der Waals surface area contributed by atoms with Crippen LogP contribution in [0.3, 0.4) is 0 Å². The van der Waals surface area contributed by atoms with Crippen molar-refractivity contribution in [3.63, 3.8) is 0 Å². The monoisotopic (exact) mass is 323 g/mol. The molecule has 1 aromatic carbocycles. The van der Waals surface area contributed by atoms with E-state index in [1.165, 1.54) is 31.4 Å². The number of carbonyl (C=O) groups is 1.